The number of aromatic nitrogens is 1. The lowest BCUT2D eigenvalue weighted by Crippen LogP contribution is -2.48. The fraction of sp³-hybridized carbons (Fsp3) is 0.278. The normalized spacial score (nSPS) is 14.3. The van der Waals surface area contributed by atoms with E-state index in [0.29, 0.717) is 42.5 Å². The molecule has 25 heavy (non-hydrogen) atoms. The highest BCUT2D eigenvalue weighted by Gasteiger charge is 2.20. The van der Waals surface area contributed by atoms with Crippen LogP contribution in [0.3, 0.4) is 0 Å². The molecule has 1 saturated heterocycles. The van der Waals surface area contributed by atoms with Crippen molar-refractivity contribution in [3.8, 4) is 0 Å². The Morgan fingerprint density at radius 3 is 2.56 bits per heavy atom. The van der Waals surface area contributed by atoms with E-state index in [1.165, 1.54) is 0 Å². The largest absolute Gasteiger partial charge is 0.353 e. The van der Waals surface area contributed by atoms with Gasteiger partial charge < -0.3 is 15.1 Å². The molecular formula is C18H19ClN4O2. The number of nitrogens with one attached hydrogen (secondary N) is 1. The molecule has 2 aromatic rings. The van der Waals surface area contributed by atoms with Gasteiger partial charge in [0, 0.05) is 55.6 Å². The quantitative estimate of drug-likeness (QED) is 0.916. The summed E-state index contributed by atoms with van der Waals surface area (Å²) in [7, 11) is 0. The maximum absolute atomic E-state index is 12.4. The van der Waals surface area contributed by atoms with Gasteiger partial charge in [0.05, 0.1) is 0 Å². The van der Waals surface area contributed by atoms with Crippen LogP contribution in [0.4, 0.5) is 11.5 Å². The SMILES string of the molecule is CC(=O)N1CCN(c2cc(C(=O)Nc3cccc(Cl)c3)ccn2)CC1. The second-order valence-electron chi connectivity index (χ2n) is 5.86. The molecule has 2 amide bonds. The number of hydrogen-bond donors (Lipinski definition) is 1. The Balaban J connectivity index is 1.69. The minimum Gasteiger partial charge on any atom is -0.353 e. The van der Waals surface area contributed by atoms with Crippen LogP contribution in [0.15, 0.2) is 42.6 Å². The number of rotatable bonds is 3. The highest BCUT2D eigenvalue weighted by Crippen LogP contribution is 2.18. The Labute approximate surface area is 151 Å². The standard InChI is InChI=1S/C18H19ClN4O2/c1-13(24)22-7-9-23(10-8-22)17-11-14(5-6-20-17)18(25)21-16-4-2-3-15(19)12-16/h2-6,11-12H,7-10H2,1H3,(H,21,25). The van der Waals surface area contributed by atoms with Crippen LogP contribution in [-0.4, -0.2) is 47.9 Å². The highest BCUT2D eigenvalue weighted by atomic mass is 35.5. The summed E-state index contributed by atoms with van der Waals surface area (Å²) in [4.78, 5) is 32.1. The molecule has 130 valence electrons. The van der Waals surface area contributed by atoms with Crippen molar-refractivity contribution in [3.05, 3.63) is 53.2 Å². The molecule has 0 spiro atoms. The number of carbonyl (C=O) groups excluding carboxylic acids is 2. The van der Waals surface area contributed by atoms with Crippen molar-refractivity contribution in [1.29, 1.82) is 0 Å². The number of nitrogens with zero attached hydrogens (tertiary/aromatic N) is 3. The van der Waals surface area contributed by atoms with Gasteiger partial charge in [-0.3, -0.25) is 9.59 Å². The Morgan fingerprint density at radius 2 is 1.88 bits per heavy atom. The number of amides is 2. The van der Waals surface area contributed by atoms with Crippen molar-refractivity contribution in [2.75, 3.05) is 36.4 Å². The summed E-state index contributed by atoms with van der Waals surface area (Å²) in [6.45, 7) is 4.30. The van der Waals surface area contributed by atoms with Gasteiger partial charge in [-0.15, -0.1) is 0 Å². The van der Waals surface area contributed by atoms with Crippen molar-refractivity contribution >= 4 is 34.9 Å². The second kappa shape index (κ2) is 7.53. The van der Waals surface area contributed by atoms with Crippen molar-refractivity contribution in [2.24, 2.45) is 0 Å². The monoisotopic (exact) mass is 358 g/mol. The number of anilines is 2. The molecule has 1 aliphatic rings. The molecule has 0 bridgehead atoms. The molecule has 6 nitrogen and oxygen atoms in total. The minimum absolute atomic E-state index is 0.0854. The molecule has 1 aromatic carbocycles. The van der Waals surface area contributed by atoms with Crippen LogP contribution in [0.2, 0.25) is 5.02 Å². The van der Waals surface area contributed by atoms with E-state index in [-0.39, 0.29) is 11.8 Å². The van der Waals surface area contributed by atoms with Crippen LogP contribution in [0.25, 0.3) is 0 Å². The first kappa shape index (κ1) is 17.2. The van der Waals surface area contributed by atoms with Gasteiger partial charge in [-0.05, 0) is 30.3 Å². The summed E-state index contributed by atoms with van der Waals surface area (Å²) in [6.07, 6.45) is 1.62. The average molecular weight is 359 g/mol. The van der Waals surface area contributed by atoms with E-state index in [2.05, 4.69) is 15.2 Å². The van der Waals surface area contributed by atoms with E-state index < -0.39 is 0 Å². The molecular weight excluding hydrogens is 340 g/mol. The van der Waals surface area contributed by atoms with Crippen LogP contribution < -0.4 is 10.2 Å². The van der Waals surface area contributed by atoms with Gasteiger partial charge in [0.15, 0.2) is 0 Å². The molecule has 1 N–H and O–H groups in total. The lowest BCUT2D eigenvalue weighted by atomic mass is 10.2. The zero-order chi connectivity index (χ0) is 17.8. The number of halogens is 1. The maximum Gasteiger partial charge on any atom is 0.255 e. The second-order valence-corrected chi connectivity index (χ2v) is 6.30. The van der Waals surface area contributed by atoms with Crippen LogP contribution in [0.1, 0.15) is 17.3 Å². The number of carbonyl (C=O) groups is 2. The van der Waals surface area contributed by atoms with Crippen LogP contribution >= 0.6 is 11.6 Å². The van der Waals surface area contributed by atoms with E-state index in [4.69, 9.17) is 11.6 Å². The molecule has 0 radical (unpaired) electrons. The van der Waals surface area contributed by atoms with Gasteiger partial charge in [-0.25, -0.2) is 4.98 Å². The van der Waals surface area contributed by atoms with Crippen LogP contribution in [0, 0.1) is 0 Å². The van der Waals surface area contributed by atoms with E-state index in [1.54, 1.807) is 49.5 Å². The van der Waals surface area contributed by atoms with Gasteiger partial charge in [0.1, 0.15) is 5.82 Å². The summed E-state index contributed by atoms with van der Waals surface area (Å²) in [5.74, 6) is 0.609. The van der Waals surface area contributed by atoms with E-state index >= 15 is 0 Å². The fourth-order valence-corrected chi connectivity index (χ4v) is 2.94. The molecule has 2 heterocycles. The third-order valence-corrected chi connectivity index (χ3v) is 4.37. The zero-order valence-corrected chi connectivity index (χ0v) is 14.7. The maximum atomic E-state index is 12.4. The van der Waals surface area contributed by atoms with Gasteiger partial charge in [-0.1, -0.05) is 17.7 Å². The fourth-order valence-electron chi connectivity index (χ4n) is 2.75. The lowest BCUT2D eigenvalue weighted by molar-refractivity contribution is -0.129. The van der Waals surface area contributed by atoms with Gasteiger partial charge in [-0.2, -0.15) is 0 Å². The van der Waals surface area contributed by atoms with E-state index in [0.717, 1.165) is 5.82 Å². The van der Waals surface area contributed by atoms with Crippen molar-refractivity contribution in [2.45, 2.75) is 6.92 Å². The Morgan fingerprint density at radius 1 is 1.12 bits per heavy atom. The topological polar surface area (TPSA) is 65.5 Å². The van der Waals surface area contributed by atoms with Crippen LogP contribution in [0.5, 0.6) is 0 Å². The Hall–Kier alpha value is -2.60. The summed E-state index contributed by atoms with van der Waals surface area (Å²) in [5.41, 5.74) is 1.17. The molecule has 0 unspecified atom stereocenters. The van der Waals surface area contributed by atoms with Crippen molar-refractivity contribution in [3.63, 3.8) is 0 Å². The summed E-state index contributed by atoms with van der Waals surface area (Å²) in [5, 5.41) is 3.39. The summed E-state index contributed by atoms with van der Waals surface area (Å²) >= 11 is 5.94. The molecule has 0 aliphatic carbocycles. The number of hydrogen-bond acceptors (Lipinski definition) is 4. The van der Waals surface area contributed by atoms with Crippen molar-refractivity contribution < 1.29 is 9.59 Å². The third kappa shape index (κ3) is 4.28. The van der Waals surface area contributed by atoms with Gasteiger partial charge >= 0.3 is 0 Å². The average Bonchev–Trinajstić information content (AvgIpc) is 2.62. The molecule has 0 atom stereocenters. The lowest BCUT2D eigenvalue weighted by Gasteiger charge is -2.35. The molecule has 1 fully saturated rings. The zero-order valence-electron chi connectivity index (χ0n) is 13.9. The first-order valence-corrected chi connectivity index (χ1v) is 8.44. The minimum atomic E-state index is -0.215. The molecule has 1 aliphatic heterocycles. The van der Waals surface area contributed by atoms with Crippen LogP contribution in [-0.2, 0) is 4.79 Å². The number of benzene rings is 1. The first-order chi connectivity index (χ1) is 12.0. The van der Waals surface area contributed by atoms with E-state index in [9.17, 15) is 9.59 Å². The summed E-state index contributed by atoms with van der Waals surface area (Å²) < 4.78 is 0. The molecule has 3 rings (SSSR count). The summed E-state index contributed by atoms with van der Waals surface area (Å²) in [6, 6.07) is 10.5. The van der Waals surface area contributed by atoms with Gasteiger partial charge in [0.2, 0.25) is 5.91 Å². The number of piperazine rings is 1. The van der Waals surface area contributed by atoms with E-state index in [1.807, 2.05) is 4.90 Å². The third-order valence-electron chi connectivity index (χ3n) is 4.14. The highest BCUT2D eigenvalue weighted by molar-refractivity contribution is 6.30. The predicted octanol–water partition coefficient (Wildman–Crippen LogP) is 2.66. The Bertz CT molecular complexity index is 788. The predicted molar refractivity (Wildman–Crippen MR) is 98.1 cm³/mol. The van der Waals surface area contributed by atoms with Crippen molar-refractivity contribution in [1.82, 2.24) is 9.88 Å². The number of pyridine rings is 1. The molecule has 1 aromatic heterocycles. The molecule has 7 heteroatoms. The Kier molecular flexibility index (Phi) is 5.19. The molecule has 0 saturated carbocycles. The first-order valence-electron chi connectivity index (χ1n) is 8.06. The van der Waals surface area contributed by atoms with Gasteiger partial charge in [0.25, 0.3) is 5.91 Å². The smallest absolute Gasteiger partial charge is 0.255 e.